The lowest BCUT2D eigenvalue weighted by Crippen LogP contribution is -2.04. The fourth-order valence-corrected chi connectivity index (χ4v) is 3.47. The van der Waals surface area contributed by atoms with Gasteiger partial charge in [-0.05, 0) is 51.6 Å². The second kappa shape index (κ2) is 8.05. The molecule has 2 aromatic heterocycles. The average molecular weight is 542 g/mol. The molecule has 0 fully saturated rings. The molecule has 0 unspecified atom stereocenters. The summed E-state index contributed by atoms with van der Waals surface area (Å²) in [6, 6.07) is 11.4. The predicted octanol–water partition coefficient (Wildman–Crippen LogP) is 4.39. The standard InChI is InChI=1S/C17H10Cl2IN7O2/c18-14-6-5-12(7-15(14)19)25-9-13(16(20)22-25)17-21-24-26(23-17)8-10-1-3-11(4-2-10)27(28)29/h1-7,9H,8H2. The van der Waals surface area contributed by atoms with E-state index < -0.39 is 4.92 Å². The van der Waals surface area contributed by atoms with Gasteiger partial charge < -0.3 is 0 Å². The first-order valence-corrected chi connectivity index (χ1v) is 9.96. The van der Waals surface area contributed by atoms with E-state index in [0.29, 0.717) is 31.7 Å². The molecule has 4 rings (SSSR count). The largest absolute Gasteiger partial charge is 0.269 e. The quantitative estimate of drug-likeness (QED) is 0.211. The number of halogens is 3. The van der Waals surface area contributed by atoms with Crippen LogP contribution >= 0.6 is 45.8 Å². The van der Waals surface area contributed by atoms with Crippen molar-refractivity contribution in [3.63, 3.8) is 0 Å². The summed E-state index contributed by atoms with van der Waals surface area (Å²) in [5, 5.41) is 28.7. The Kier molecular flexibility index (Phi) is 5.48. The molecule has 9 nitrogen and oxygen atoms in total. The summed E-state index contributed by atoms with van der Waals surface area (Å²) >= 11 is 14.1. The first kappa shape index (κ1) is 19.7. The third kappa shape index (κ3) is 4.23. The summed E-state index contributed by atoms with van der Waals surface area (Å²) in [5.41, 5.74) is 2.32. The molecule has 0 saturated carbocycles. The molecule has 0 atom stereocenters. The summed E-state index contributed by atoms with van der Waals surface area (Å²) < 4.78 is 2.36. The van der Waals surface area contributed by atoms with Crippen molar-refractivity contribution in [2.45, 2.75) is 6.54 Å². The minimum atomic E-state index is -0.441. The summed E-state index contributed by atoms with van der Waals surface area (Å²) in [6.07, 6.45) is 1.79. The van der Waals surface area contributed by atoms with Crippen LogP contribution in [0, 0.1) is 13.8 Å². The number of rotatable bonds is 5. The fourth-order valence-electron chi connectivity index (χ4n) is 2.57. The van der Waals surface area contributed by atoms with Gasteiger partial charge in [-0.15, -0.1) is 10.2 Å². The molecule has 2 heterocycles. The van der Waals surface area contributed by atoms with Crippen LogP contribution < -0.4 is 0 Å². The molecule has 4 aromatic rings. The van der Waals surface area contributed by atoms with Crippen LogP contribution in [0.15, 0.2) is 48.7 Å². The number of nitro benzene ring substituents is 1. The van der Waals surface area contributed by atoms with Crippen molar-refractivity contribution in [1.29, 1.82) is 0 Å². The Morgan fingerprint density at radius 2 is 1.83 bits per heavy atom. The van der Waals surface area contributed by atoms with Gasteiger partial charge in [0.25, 0.3) is 5.69 Å². The van der Waals surface area contributed by atoms with Crippen LogP contribution in [0.5, 0.6) is 0 Å². The monoisotopic (exact) mass is 541 g/mol. The van der Waals surface area contributed by atoms with Crippen LogP contribution in [0.4, 0.5) is 5.69 Å². The van der Waals surface area contributed by atoms with Gasteiger partial charge in [-0.3, -0.25) is 10.1 Å². The van der Waals surface area contributed by atoms with E-state index in [2.05, 4.69) is 43.1 Å². The number of hydrogen-bond acceptors (Lipinski definition) is 6. The van der Waals surface area contributed by atoms with Gasteiger partial charge in [0, 0.05) is 18.3 Å². The zero-order valence-corrected chi connectivity index (χ0v) is 18.1. The van der Waals surface area contributed by atoms with Crippen molar-refractivity contribution in [3.05, 3.63) is 78.1 Å². The zero-order chi connectivity index (χ0) is 20.5. The maximum Gasteiger partial charge on any atom is 0.269 e. The fraction of sp³-hybridized carbons (Fsp3) is 0.0588. The number of tetrazole rings is 1. The molecular weight excluding hydrogens is 532 g/mol. The first-order valence-electron chi connectivity index (χ1n) is 8.13. The summed E-state index contributed by atoms with van der Waals surface area (Å²) in [7, 11) is 0. The van der Waals surface area contributed by atoms with E-state index >= 15 is 0 Å². The molecule has 0 bridgehead atoms. The molecule has 2 aromatic carbocycles. The number of nitrogens with zero attached hydrogens (tertiary/aromatic N) is 7. The Balaban J connectivity index is 1.57. The lowest BCUT2D eigenvalue weighted by molar-refractivity contribution is -0.384. The van der Waals surface area contributed by atoms with Crippen LogP contribution in [-0.2, 0) is 6.54 Å². The molecule has 0 N–H and O–H groups in total. The Labute approximate surface area is 187 Å². The third-order valence-corrected chi connectivity index (χ3v) is 5.54. The molecule has 0 saturated heterocycles. The van der Waals surface area contributed by atoms with E-state index in [0.717, 1.165) is 11.3 Å². The van der Waals surface area contributed by atoms with Crippen LogP contribution in [0.2, 0.25) is 10.0 Å². The van der Waals surface area contributed by atoms with Gasteiger partial charge in [0.05, 0.1) is 32.8 Å². The number of hydrogen-bond donors (Lipinski definition) is 0. The van der Waals surface area contributed by atoms with Gasteiger partial charge in [-0.25, -0.2) is 4.68 Å². The molecule has 0 amide bonds. The molecule has 146 valence electrons. The highest BCUT2D eigenvalue weighted by atomic mass is 127. The second-order valence-electron chi connectivity index (χ2n) is 5.94. The van der Waals surface area contributed by atoms with Crippen LogP contribution in [0.25, 0.3) is 17.1 Å². The molecule has 0 spiro atoms. The molecule has 12 heteroatoms. The van der Waals surface area contributed by atoms with Gasteiger partial charge in [0.2, 0.25) is 5.82 Å². The van der Waals surface area contributed by atoms with Gasteiger partial charge in [-0.2, -0.15) is 9.90 Å². The summed E-state index contributed by atoms with van der Waals surface area (Å²) in [6.45, 7) is 0.336. The van der Waals surface area contributed by atoms with E-state index in [1.807, 2.05) is 0 Å². The number of nitro groups is 1. The Bertz CT molecular complexity index is 1210. The van der Waals surface area contributed by atoms with E-state index in [1.54, 1.807) is 41.2 Å². The van der Waals surface area contributed by atoms with Gasteiger partial charge >= 0.3 is 0 Å². The number of non-ortho nitro benzene ring substituents is 1. The molecule has 0 aliphatic heterocycles. The molecule has 29 heavy (non-hydrogen) atoms. The Hall–Kier alpha value is -2.57. The minimum absolute atomic E-state index is 0.0326. The van der Waals surface area contributed by atoms with Crippen LogP contribution in [-0.4, -0.2) is 34.9 Å². The summed E-state index contributed by atoms with van der Waals surface area (Å²) in [5.74, 6) is 0.419. The highest BCUT2D eigenvalue weighted by molar-refractivity contribution is 14.1. The highest BCUT2D eigenvalue weighted by Crippen LogP contribution is 2.27. The second-order valence-corrected chi connectivity index (χ2v) is 7.78. The zero-order valence-electron chi connectivity index (χ0n) is 14.4. The van der Waals surface area contributed by atoms with Crippen molar-refractivity contribution in [2.75, 3.05) is 0 Å². The first-order chi connectivity index (χ1) is 13.9. The molecular formula is C17H10Cl2IN7O2. The van der Waals surface area contributed by atoms with E-state index in [4.69, 9.17) is 23.2 Å². The molecule has 0 aliphatic carbocycles. The lowest BCUT2D eigenvalue weighted by Gasteiger charge is -2.02. The predicted molar refractivity (Wildman–Crippen MR) is 115 cm³/mol. The van der Waals surface area contributed by atoms with Crippen molar-refractivity contribution in [1.82, 2.24) is 30.0 Å². The maximum atomic E-state index is 10.7. The van der Waals surface area contributed by atoms with Crippen molar-refractivity contribution in [2.24, 2.45) is 0 Å². The summed E-state index contributed by atoms with van der Waals surface area (Å²) in [4.78, 5) is 11.7. The SMILES string of the molecule is O=[N+]([O-])c1ccc(Cn2nnc(-c3cn(-c4ccc(Cl)c(Cl)c4)nc3I)n2)cc1. The van der Waals surface area contributed by atoms with Crippen molar-refractivity contribution < 1.29 is 4.92 Å². The van der Waals surface area contributed by atoms with Crippen LogP contribution in [0.3, 0.4) is 0 Å². The van der Waals surface area contributed by atoms with Crippen molar-refractivity contribution >= 4 is 51.5 Å². The van der Waals surface area contributed by atoms with E-state index in [9.17, 15) is 10.1 Å². The van der Waals surface area contributed by atoms with Crippen LogP contribution in [0.1, 0.15) is 5.56 Å². The molecule has 0 aliphatic rings. The number of aromatic nitrogens is 6. The van der Waals surface area contributed by atoms with Gasteiger partial charge in [0.1, 0.15) is 3.70 Å². The van der Waals surface area contributed by atoms with E-state index in [-0.39, 0.29) is 5.69 Å². The van der Waals surface area contributed by atoms with Crippen molar-refractivity contribution in [3.8, 4) is 17.1 Å². The molecule has 0 radical (unpaired) electrons. The number of benzene rings is 2. The maximum absolute atomic E-state index is 10.7. The highest BCUT2D eigenvalue weighted by Gasteiger charge is 2.16. The van der Waals surface area contributed by atoms with E-state index in [1.165, 1.54) is 16.9 Å². The Morgan fingerprint density at radius 1 is 1.07 bits per heavy atom. The lowest BCUT2D eigenvalue weighted by atomic mass is 10.2. The average Bonchev–Trinajstić information content (AvgIpc) is 3.31. The van der Waals surface area contributed by atoms with Gasteiger partial charge in [0.15, 0.2) is 0 Å². The Morgan fingerprint density at radius 3 is 2.52 bits per heavy atom. The smallest absolute Gasteiger partial charge is 0.258 e. The topological polar surface area (TPSA) is 105 Å². The van der Waals surface area contributed by atoms with Gasteiger partial charge in [-0.1, -0.05) is 35.3 Å². The normalized spacial score (nSPS) is 11.0. The third-order valence-electron chi connectivity index (χ3n) is 4.00. The minimum Gasteiger partial charge on any atom is -0.258 e.